The number of thiophene rings is 1. The molecule has 0 saturated carbocycles. The van der Waals surface area contributed by atoms with Crippen LogP contribution in [0.25, 0.3) is 0 Å². The molecule has 0 unspecified atom stereocenters. The van der Waals surface area contributed by atoms with E-state index in [0.717, 1.165) is 37.6 Å². The highest BCUT2D eigenvalue weighted by molar-refractivity contribution is 7.13. The summed E-state index contributed by atoms with van der Waals surface area (Å²) in [6, 6.07) is 14.4. The number of carbonyl (C=O) groups excluding carboxylic acids is 1. The number of piperazine rings is 1. The second-order valence-corrected chi connectivity index (χ2v) is 7.12. The van der Waals surface area contributed by atoms with E-state index < -0.39 is 0 Å². The maximum Gasteiger partial charge on any atom is 0.261 e. The number of anilines is 1. The molecule has 2 heterocycles. The van der Waals surface area contributed by atoms with Crippen LogP contribution in [0.5, 0.6) is 0 Å². The summed E-state index contributed by atoms with van der Waals surface area (Å²) in [6.45, 7) is 7.82. The quantitative estimate of drug-likeness (QED) is 0.916. The first-order valence-corrected chi connectivity index (χ1v) is 8.91. The van der Waals surface area contributed by atoms with Crippen LogP contribution in [0.2, 0.25) is 0 Å². The van der Waals surface area contributed by atoms with Crippen LogP contribution in [-0.4, -0.2) is 50.1 Å². The molecule has 1 N–H and O–H groups in total. The molecule has 1 aliphatic heterocycles. The first-order chi connectivity index (χ1) is 11.2. The number of nitrogens with one attached hydrogen (secondary N) is 1. The maximum atomic E-state index is 12.0. The molecule has 0 spiro atoms. The molecule has 0 atom stereocenters. The number of rotatable bonds is 5. The van der Waals surface area contributed by atoms with Crippen LogP contribution in [0, 0.1) is 6.92 Å². The van der Waals surface area contributed by atoms with Gasteiger partial charge in [-0.3, -0.25) is 9.69 Å². The van der Waals surface area contributed by atoms with E-state index in [4.69, 9.17) is 0 Å². The summed E-state index contributed by atoms with van der Waals surface area (Å²) in [5.74, 6) is 0.0472. The zero-order valence-electron chi connectivity index (χ0n) is 13.5. The van der Waals surface area contributed by atoms with Crippen LogP contribution >= 0.6 is 11.3 Å². The van der Waals surface area contributed by atoms with Gasteiger partial charge in [0.1, 0.15) is 0 Å². The van der Waals surface area contributed by atoms with Crippen LogP contribution in [0.15, 0.2) is 42.5 Å². The van der Waals surface area contributed by atoms with Crippen molar-refractivity contribution in [2.45, 2.75) is 6.92 Å². The van der Waals surface area contributed by atoms with E-state index in [9.17, 15) is 4.79 Å². The van der Waals surface area contributed by atoms with Gasteiger partial charge < -0.3 is 10.2 Å². The van der Waals surface area contributed by atoms with Crippen LogP contribution < -0.4 is 10.2 Å². The highest BCUT2D eigenvalue weighted by Gasteiger charge is 2.17. The Bertz CT molecular complexity index is 633. The van der Waals surface area contributed by atoms with E-state index in [-0.39, 0.29) is 5.91 Å². The van der Waals surface area contributed by atoms with Crippen molar-refractivity contribution in [3.8, 4) is 0 Å². The van der Waals surface area contributed by atoms with E-state index >= 15 is 0 Å². The highest BCUT2D eigenvalue weighted by atomic mass is 32.1. The van der Waals surface area contributed by atoms with Gasteiger partial charge in [-0.05, 0) is 31.2 Å². The minimum atomic E-state index is 0.0472. The molecular weight excluding hydrogens is 306 g/mol. The van der Waals surface area contributed by atoms with Crippen molar-refractivity contribution >= 4 is 22.9 Å². The van der Waals surface area contributed by atoms with Crippen molar-refractivity contribution in [2.75, 3.05) is 44.2 Å². The minimum Gasteiger partial charge on any atom is -0.369 e. The summed E-state index contributed by atoms with van der Waals surface area (Å²) in [6.07, 6.45) is 0. The van der Waals surface area contributed by atoms with E-state index in [1.54, 1.807) is 11.3 Å². The molecule has 2 aromatic rings. The zero-order valence-corrected chi connectivity index (χ0v) is 14.3. The average molecular weight is 329 g/mol. The van der Waals surface area contributed by atoms with Crippen molar-refractivity contribution in [2.24, 2.45) is 0 Å². The Morgan fingerprint density at radius 1 is 1.09 bits per heavy atom. The highest BCUT2D eigenvalue weighted by Crippen LogP contribution is 2.16. The number of para-hydroxylation sites is 1. The largest absolute Gasteiger partial charge is 0.369 e. The molecule has 5 heteroatoms. The molecular formula is C18H23N3OS. The average Bonchev–Trinajstić information content (AvgIpc) is 3.03. The lowest BCUT2D eigenvalue weighted by Gasteiger charge is -2.36. The Kier molecular flexibility index (Phi) is 5.31. The molecule has 1 aromatic carbocycles. The van der Waals surface area contributed by atoms with Gasteiger partial charge >= 0.3 is 0 Å². The van der Waals surface area contributed by atoms with Gasteiger partial charge in [0.2, 0.25) is 0 Å². The summed E-state index contributed by atoms with van der Waals surface area (Å²) in [5.41, 5.74) is 1.30. The number of amides is 1. The molecule has 1 amide bonds. The number of carbonyl (C=O) groups is 1. The van der Waals surface area contributed by atoms with Gasteiger partial charge in [-0.25, -0.2) is 0 Å². The number of aryl methyl sites for hydroxylation is 1. The zero-order chi connectivity index (χ0) is 16.1. The van der Waals surface area contributed by atoms with Crippen LogP contribution in [-0.2, 0) is 0 Å². The van der Waals surface area contributed by atoms with Crippen molar-refractivity contribution in [3.63, 3.8) is 0 Å². The van der Waals surface area contributed by atoms with Crippen LogP contribution in [0.1, 0.15) is 14.5 Å². The Balaban J connectivity index is 1.39. The summed E-state index contributed by atoms with van der Waals surface area (Å²) in [4.78, 5) is 18.8. The SMILES string of the molecule is Cc1ccc(C(=O)NCCN2CCN(c3ccccc3)CC2)s1. The van der Waals surface area contributed by atoms with Gasteiger partial charge in [-0.2, -0.15) is 0 Å². The second kappa shape index (κ2) is 7.62. The molecule has 1 aliphatic rings. The monoisotopic (exact) mass is 329 g/mol. The molecule has 4 nitrogen and oxygen atoms in total. The lowest BCUT2D eigenvalue weighted by Crippen LogP contribution is -2.48. The number of hydrogen-bond donors (Lipinski definition) is 1. The van der Waals surface area contributed by atoms with E-state index in [1.807, 2.05) is 19.1 Å². The Labute approximate surface area is 141 Å². The fourth-order valence-electron chi connectivity index (χ4n) is 2.84. The molecule has 23 heavy (non-hydrogen) atoms. The fourth-order valence-corrected chi connectivity index (χ4v) is 3.62. The molecule has 1 saturated heterocycles. The normalized spacial score (nSPS) is 15.6. The smallest absolute Gasteiger partial charge is 0.261 e. The number of hydrogen-bond acceptors (Lipinski definition) is 4. The van der Waals surface area contributed by atoms with Crippen molar-refractivity contribution in [1.82, 2.24) is 10.2 Å². The molecule has 3 rings (SSSR count). The van der Waals surface area contributed by atoms with Crippen molar-refractivity contribution in [1.29, 1.82) is 0 Å². The Hall–Kier alpha value is -1.85. The summed E-state index contributed by atoms with van der Waals surface area (Å²) < 4.78 is 0. The predicted octanol–water partition coefficient (Wildman–Crippen LogP) is 2.61. The summed E-state index contributed by atoms with van der Waals surface area (Å²) in [5, 5.41) is 3.02. The maximum absolute atomic E-state index is 12.0. The van der Waals surface area contributed by atoms with Crippen molar-refractivity contribution < 1.29 is 4.79 Å². The van der Waals surface area contributed by atoms with Gasteiger partial charge in [-0.15, -0.1) is 11.3 Å². The third-order valence-electron chi connectivity index (χ3n) is 4.17. The number of benzene rings is 1. The molecule has 0 bridgehead atoms. The first-order valence-electron chi connectivity index (χ1n) is 8.09. The van der Waals surface area contributed by atoms with E-state index in [2.05, 4.69) is 45.4 Å². The van der Waals surface area contributed by atoms with Gasteiger partial charge in [0, 0.05) is 49.8 Å². The topological polar surface area (TPSA) is 35.6 Å². The minimum absolute atomic E-state index is 0.0472. The summed E-state index contributed by atoms with van der Waals surface area (Å²) >= 11 is 1.55. The predicted molar refractivity (Wildman–Crippen MR) is 96.5 cm³/mol. The summed E-state index contributed by atoms with van der Waals surface area (Å²) in [7, 11) is 0. The molecule has 122 valence electrons. The molecule has 1 fully saturated rings. The lowest BCUT2D eigenvalue weighted by atomic mass is 10.2. The third-order valence-corrected chi connectivity index (χ3v) is 5.17. The standard InChI is InChI=1S/C18H23N3OS/c1-15-7-8-17(23-15)18(22)19-9-10-20-11-13-21(14-12-20)16-5-3-2-4-6-16/h2-8H,9-14H2,1H3,(H,19,22). The lowest BCUT2D eigenvalue weighted by molar-refractivity contribution is 0.0952. The van der Waals surface area contributed by atoms with Crippen LogP contribution in [0.4, 0.5) is 5.69 Å². The first kappa shape index (κ1) is 16.0. The van der Waals surface area contributed by atoms with Gasteiger partial charge in [0.15, 0.2) is 0 Å². The van der Waals surface area contributed by atoms with Gasteiger partial charge in [0.25, 0.3) is 5.91 Å². The molecule has 1 aromatic heterocycles. The second-order valence-electron chi connectivity index (χ2n) is 5.83. The van der Waals surface area contributed by atoms with E-state index in [0.29, 0.717) is 6.54 Å². The third kappa shape index (κ3) is 4.33. The van der Waals surface area contributed by atoms with Gasteiger partial charge in [-0.1, -0.05) is 18.2 Å². The Morgan fingerprint density at radius 3 is 2.48 bits per heavy atom. The van der Waals surface area contributed by atoms with Gasteiger partial charge in [0.05, 0.1) is 4.88 Å². The van der Waals surface area contributed by atoms with Crippen molar-refractivity contribution in [3.05, 3.63) is 52.2 Å². The molecule has 0 radical (unpaired) electrons. The Morgan fingerprint density at radius 2 is 1.83 bits per heavy atom. The van der Waals surface area contributed by atoms with E-state index in [1.165, 1.54) is 10.6 Å². The number of nitrogens with zero attached hydrogens (tertiary/aromatic N) is 2. The fraction of sp³-hybridized carbons (Fsp3) is 0.389. The molecule has 0 aliphatic carbocycles. The van der Waals surface area contributed by atoms with Crippen LogP contribution in [0.3, 0.4) is 0 Å².